The molecule has 162 valence electrons. The van der Waals surface area contributed by atoms with Gasteiger partial charge in [-0.1, -0.05) is 68.1 Å². The van der Waals surface area contributed by atoms with Crippen LogP contribution in [0.3, 0.4) is 0 Å². The van der Waals surface area contributed by atoms with Crippen LogP contribution in [-0.2, 0) is 6.73 Å². The molecule has 5 nitrogen and oxygen atoms in total. The van der Waals surface area contributed by atoms with E-state index in [4.69, 9.17) is 4.74 Å². The van der Waals surface area contributed by atoms with Gasteiger partial charge in [-0.15, -0.1) is 0 Å². The van der Waals surface area contributed by atoms with E-state index in [0.29, 0.717) is 11.6 Å². The number of nitrogens with zero attached hydrogens (tertiary/aromatic N) is 2. The van der Waals surface area contributed by atoms with E-state index in [9.17, 15) is 4.79 Å². The molecule has 0 atom stereocenters. The Bertz CT molecular complexity index is 1170. The maximum atomic E-state index is 12.8. The SMILES string of the molecule is CC(C)c1ccc(OCn2ccc(C(=O)Nc3ccccc3Sc3ccccc3)n2)cc1. The lowest BCUT2D eigenvalue weighted by molar-refractivity contribution is 0.102. The van der Waals surface area contributed by atoms with Gasteiger partial charge in [-0.3, -0.25) is 4.79 Å². The molecule has 0 unspecified atom stereocenters. The summed E-state index contributed by atoms with van der Waals surface area (Å²) < 4.78 is 7.40. The van der Waals surface area contributed by atoms with E-state index in [1.54, 1.807) is 28.7 Å². The molecule has 0 fully saturated rings. The number of hydrogen-bond donors (Lipinski definition) is 1. The Hall–Kier alpha value is -3.51. The second kappa shape index (κ2) is 10.2. The predicted octanol–water partition coefficient (Wildman–Crippen LogP) is 6.45. The number of benzene rings is 3. The Morgan fingerprint density at radius 2 is 1.69 bits per heavy atom. The van der Waals surface area contributed by atoms with Gasteiger partial charge in [0.1, 0.15) is 5.75 Å². The molecule has 6 heteroatoms. The molecule has 1 amide bonds. The molecule has 4 rings (SSSR count). The Morgan fingerprint density at radius 3 is 2.44 bits per heavy atom. The van der Waals surface area contributed by atoms with Gasteiger partial charge in [-0.2, -0.15) is 5.10 Å². The lowest BCUT2D eigenvalue weighted by Gasteiger charge is -2.10. The largest absolute Gasteiger partial charge is 0.471 e. The highest BCUT2D eigenvalue weighted by Gasteiger charge is 2.13. The number of carbonyl (C=O) groups is 1. The van der Waals surface area contributed by atoms with Gasteiger partial charge in [0, 0.05) is 16.0 Å². The first kappa shape index (κ1) is 21.7. The first-order valence-corrected chi connectivity index (χ1v) is 11.3. The molecule has 0 aliphatic carbocycles. The van der Waals surface area contributed by atoms with E-state index < -0.39 is 0 Å². The summed E-state index contributed by atoms with van der Waals surface area (Å²) in [5.41, 5.74) is 2.35. The van der Waals surface area contributed by atoms with Gasteiger partial charge in [0.15, 0.2) is 12.4 Å². The van der Waals surface area contributed by atoms with Crippen molar-refractivity contribution in [1.82, 2.24) is 9.78 Å². The van der Waals surface area contributed by atoms with Crippen molar-refractivity contribution < 1.29 is 9.53 Å². The standard InChI is InChI=1S/C26H25N3O2S/c1-19(2)20-12-14-21(15-13-20)31-18-29-17-16-24(28-29)26(30)27-23-10-6-7-11-25(23)32-22-8-4-3-5-9-22/h3-17,19H,18H2,1-2H3,(H,27,30). The molecule has 1 N–H and O–H groups in total. The first-order valence-electron chi connectivity index (χ1n) is 10.5. The highest BCUT2D eigenvalue weighted by Crippen LogP contribution is 2.33. The van der Waals surface area contributed by atoms with Crippen LogP contribution in [0.15, 0.2) is 101 Å². The number of ether oxygens (including phenoxy) is 1. The van der Waals surface area contributed by atoms with Crippen LogP contribution >= 0.6 is 11.8 Å². The summed E-state index contributed by atoms with van der Waals surface area (Å²) in [5.74, 6) is 0.987. The first-order chi connectivity index (χ1) is 15.6. The lowest BCUT2D eigenvalue weighted by atomic mass is 10.0. The number of hydrogen-bond acceptors (Lipinski definition) is 4. The Morgan fingerprint density at radius 1 is 0.969 bits per heavy atom. The van der Waals surface area contributed by atoms with Crippen LogP contribution in [0.5, 0.6) is 5.75 Å². The summed E-state index contributed by atoms with van der Waals surface area (Å²) in [6, 6.07) is 27.5. The summed E-state index contributed by atoms with van der Waals surface area (Å²) in [6.07, 6.45) is 1.74. The maximum Gasteiger partial charge on any atom is 0.276 e. The molecule has 1 aromatic heterocycles. The van der Waals surface area contributed by atoms with Crippen LogP contribution in [0.2, 0.25) is 0 Å². The van der Waals surface area contributed by atoms with Gasteiger partial charge in [0.05, 0.1) is 5.69 Å². The average Bonchev–Trinajstić information content (AvgIpc) is 3.29. The molecular formula is C26H25N3O2S. The average molecular weight is 444 g/mol. The van der Waals surface area contributed by atoms with Crippen molar-refractivity contribution in [1.29, 1.82) is 0 Å². The van der Waals surface area contributed by atoms with E-state index in [1.165, 1.54) is 5.56 Å². The molecular weight excluding hydrogens is 418 g/mol. The van der Waals surface area contributed by atoms with Crippen LogP contribution in [0.1, 0.15) is 35.8 Å². The third-order valence-corrected chi connectivity index (χ3v) is 5.97. The lowest BCUT2D eigenvalue weighted by Crippen LogP contribution is -2.14. The molecule has 3 aromatic carbocycles. The van der Waals surface area contributed by atoms with Crippen LogP contribution in [0.25, 0.3) is 0 Å². The van der Waals surface area contributed by atoms with Gasteiger partial charge < -0.3 is 10.1 Å². The fraction of sp³-hybridized carbons (Fsp3) is 0.154. The summed E-state index contributed by atoms with van der Waals surface area (Å²) in [4.78, 5) is 14.9. The number of rotatable bonds is 8. The van der Waals surface area contributed by atoms with Crippen molar-refractivity contribution >= 4 is 23.4 Å². The van der Waals surface area contributed by atoms with Crippen molar-refractivity contribution in [3.63, 3.8) is 0 Å². The van der Waals surface area contributed by atoms with Crippen molar-refractivity contribution in [2.45, 2.75) is 36.3 Å². The van der Waals surface area contributed by atoms with E-state index in [0.717, 1.165) is 21.2 Å². The Labute approximate surface area is 192 Å². The van der Waals surface area contributed by atoms with Gasteiger partial charge in [0.25, 0.3) is 5.91 Å². The quantitative estimate of drug-likeness (QED) is 0.340. The van der Waals surface area contributed by atoms with Crippen LogP contribution in [0, 0.1) is 0 Å². The fourth-order valence-corrected chi connectivity index (χ4v) is 4.03. The molecule has 0 saturated carbocycles. The summed E-state index contributed by atoms with van der Waals surface area (Å²) in [7, 11) is 0. The molecule has 0 spiro atoms. The number of anilines is 1. The van der Waals surface area contributed by atoms with Crippen molar-refractivity contribution in [2.24, 2.45) is 0 Å². The molecule has 0 radical (unpaired) electrons. The highest BCUT2D eigenvalue weighted by atomic mass is 32.2. The molecule has 0 saturated heterocycles. The number of carbonyl (C=O) groups excluding carboxylic acids is 1. The van der Waals surface area contributed by atoms with Gasteiger partial charge in [-0.25, -0.2) is 4.68 Å². The van der Waals surface area contributed by atoms with E-state index in [-0.39, 0.29) is 12.6 Å². The molecule has 0 aliphatic heterocycles. The summed E-state index contributed by atoms with van der Waals surface area (Å²) in [5, 5.41) is 7.33. The van der Waals surface area contributed by atoms with Crippen molar-refractivity contribution in [2.75, 3.05) is 5.32 Å². The monoisotopic (exact) mass is 443 g/mol. The molecule has 1 heterocycles. The predicted molar refractivity (Wildman–Crippen MR) is 128 cm³/mol. The van der Waals surface area contributed by atoms with Crippen LogP contribution in [0.4, 0.5) is 5.69 Å². The minimum absolute atomic E-state index is 0.231. The van der Waals surface area contributed by atoms with Gasteiger partial charge in [0.2, 0.25) is 0 Å². The minimum Gasteiger partial charge on any atom is -0.471 e. The van der Waals surface area contributed by atoms with Gasteiger partial charge >= 0.3 is 0 Å². The topological polar surface area (TPSA) is 56.1 Å². The molecule has 0 bridgehead atoms. The second-order valence-corrected chi connectivity index (χ2v) is 8.72. The van der Waals surface area contributed by atoms with E-state index >= 15 is 0 Å². The zero-order valence-corrected chi connectivity index (χ0v) is 18.9. The van der Waals surface area contributed by atoms with Crippen LogP contribution < -0.4 is 10.1 Å². The summed E-state index contributed by atoms with van der Waals surface area (Å²) >= 11 is 1.60. The van der Waals surface area contributed by atoms with Crippen molar-refractivity contribution in [3.8, 4) is 5.75 Å². The molecule has 4 aromatic rings. The minimum atomic E-state index is -0.258. The van der Waals surface area contributed by atoms with Crippen molar-refractivity contribution in [3.05, 3.63) is 102 Å². The third kappa shape index (κ3) is 5.59. The third-order valence-electron chi connectivity index (χ3n) is 4.89. The highest BCUT2D eigenvalue weighted by molar-refractivity contribution is 7.99. The Kier molecular flexibility index (Phi) is 6.92. The molecule has 0 aliphatic rings. The number of amides is 1. The smallest absolute Gasteiger partial charge is 0.276 e. The normalized spacial score (nSPS) is 10.8. The van der Waals surface area contributed by atoms with Gasteiger partial charge in [-0.05, 0) is 53.9 Å². The maximum absolute atomic E-state index is 12.8. The zero-order chi connectivity index (χ0) is 22.3. The fourth-order valence-electron chi connectivity index (χ4n) is 3.11. The van der Waals surface area contributed by atoms with E-state index in [2.05, 4.69) is 36.4 Å². The van der Waals surface area contributed by atoms with Crippen LogP contribution in [-0.4, -0.2) is 15.7 Å². The molecule has 32 heavy (non-hydrogen) atoms. The number of para-hydroxylation sites is 1. The number of nitrogens with one attached hydrogen (secondary N) is 1. The zero-order valence-electron chi connectivity index (χ0n) is 18.1. The van der Waals surface area contributed by atoms with E-state index in [1.807, 2.05) is 66.7 Å². The second-order valence-electron chi connectivity index (χ2n) is 7.60. The summed E-state index contributed by atoms with van der Waals surface area (Å²) in [6.45, 7) is 4.55. The number of aromatic nitrogens is 2. The Balaban J connectivity index is 1.38.